The van der Waals surface area contributed by atoms with Gasteiger partial charge in [0.15, 0.2) is 0 Å². The minimum absolute atomic E-state index is 0.0242. The number of hydrogen-bond donors (Lipinski definition) is 4. The molecule has 106 valence electrons. The van der Waals surface area contributed by atoms with Crippen LogP contribution in [0.5, 0.6) is 0 Å². The number of hydrogen-bond acceptors (Lipinski definition) is 4. The molecule has 0 bridgehead atoms. The highest BCUT2D eigenvalue weighted by atomic mass is 16.4. The lowest BCUT2D eigenvalue weighted by atomic mass is 10.1. The summed E-state index contributed by atoms with van der Waals surface area (Å²) in [6.45, 7) is 3.73. The van der Waals surface area contributed by atoms with Crippen LogP contribution in [0, 0.1) is 5.92 Å². The van der Waals surface area contributed by atoms with Crippen LogP contribution in [0.25, 0.3) is 0 Å². The molecule has 0 aromatic carbocycles. The van der Waals surface area contributed by atoms with Crippen molar-refractivity contribution in [1.29, 1.82) is 0 Å². The lowest BCUT2D eigenvalue weighted by molar-refractivity contribution is -0.142. The number of nitrogens with two attached hydrogens (primary N) is 1. The number of carbonyl (C=O) groups excluding carboxylic acids is 1. The summed E-state index contributed by atoms with van der Waals surface area (Å²) in [6.07, 6.45) is 0.987. The highest BCUT2D eigenvalue weighted by Crippen LogP contribution is 2.39. The Hall–Kier alpha value is -1.89. The first-order chi connectivity index (χ1) is 8.81. The number of rotatable bonds is 8. The van der Waals surface area contributed by atoms with Gasteiger partial charge in [-0.1, -0.05) is 12.2 Å². The monoisotopic (exact) mass is 270 g/mol. The third-order valence-electron chi connectivity index (χ3n) is 3.08. The molecule has 5 N–H and O–H groups in total. The van der Waals surface area contributed by atoms with Crippen LogP contribution in [0.3, 0.4) is 0 Å². The molecule has 0 saturated heterocycles. The van der Waals surface area contributed by atoms with Gasteiger partial charge in [-0.05, 0) is 25.2 Å². The molecule has 0 aliphatic heterocycles. The van der Waals surface area contributed by atoms with Crippen molar-refractivity contribution >= 4 is 17.8 Å². The summed E-state index contributed by atoms with van der Waals surface area (Å²) in [7, 11) is 0. The molecule has 1 saturated carbocycles. The third kappa shape index (κ3) is 5.09. The molecule has 7 heteroatoms. The van der Waals surface area contributed by atoms with E-state index in [2.05, 4.69) is 11.9 Å². The molecule has 19 heavy (non-hydrogen) atoms. The van der Waals surface area contributed by atoms with Crippen molar-refractivity contribution in [3.63, 3.8) is 0 Å². The van der Waals surface area contributed by atoms with E-state index in [4.69, 9.17) is 15.9 Å². The van der Waals surface area contributed by atoms with E-state index in [1.165, 1.54) is 0 Å². The number of aliphatic carboxylic acids is 2. The summed E-state index contributed by atoms with van der Waals surface area (Å²) in [5.74, 6) is -2.63. The van der Waals surface area contributed by atoms with Gasteiger partial charge in [-0.2, -0.15) is 0 Å². The summed E-state index contributed by atoms with van der Waals surface area (Å²) in [4.78, 5) is 33.0. The van der Waals surface area contributed by atoms with Gasteiger partial charge in [0.25, 0.3) is 0 Å². The second-order valence-electron chi connectivity index (χ2n) is 4.74. The van der Waals surface area contributed by atoms with Gasteiger partial charge in [0, 0.05) is 6.42 Å². The van der Waals surface area contributed by atoms with Crippen molar-refractivity contribution in [2.45, 2.75) is 37.8 Å². The highest BCUT2D eigenvalue weighted by Gasteiger charge is 2.33. The van der Waals surface area contributed by atoms with E-state index in [1.807, 2.05) is 0 Å². The second-order valence-corrected chi connectivity index (χ2v) is 4.74. The molecule has 1 amide bonds. The lowest BCUT2D eigenvalue weighted by Gasteiger charge is -2.14. The second kappa shape index (κ2) is 6.33. The van der Waals surface area contributed by atoms with E-state index in [0.717, 1.165) is 12.0 Å². The molecule has 0 radical (unpaired) electrons. The Morgan fingerprint density at radius 3 is 2.37 bits per heavy atom. The smallest absolute Gasteiger partial charge is 0.326 e. The normalized spacial score (nSPS) is 20.5. The van der Waals surface area contributed by atoms with Crippen molar-refractivity contribution < 1.29 is 24.6 Å². The zero-order chi connectivity index (χ0) is 14.6. The Balaban J connectivity index is 2.36. The van der Waals surface area contributed by atoms with Crippen LogP contribution in [0.4, 0.5) is 0 Å². The van der Waals surface area contributed by atoms with Crippen molar-refractivity contribution in [2.75, 3.05) is 0 Å². The van der Waals surface area contributed by atoms with Crippen LogP contribution >= 0.6 is 0 Å². The van der Waals surface area contributed by atoms with Gasteiger partial charge < -0.3 is 21.3 Å². The van der Waals surface area contributed by atoms with Crippen molar-refractivity contribution in [2.24, 2.45) is 11.7 Å². The summed E-state index contributed by atoms with van der Waals surface area (Å²) >= 11 is 0. The van der Waals surface area contributed by atoms with Crippen LogP contribution in [-0.4, -0.2) is 40.1 Å². The van der Waals surface area contributed by atoms with Gasteiger partial charge in [0.2, 0.25) is 5.91 Å². The number of carbonyl (C=O) groups is 3. The van der Waals surface area contributed by atoms with Gasteiger partial charge in [-0.25, -0.2) is 4.79 Å². The number of carboxylic acid groups (broad SMARTS) is 2. The molecule has 3 atom stereocenters. The first-order valence-corrected chi connectivity index (χ1v) is 5.99. The topological polar surface area (TPSA) is 130 Å². The maximum atomic E-state index is 11.5. The number of nitrogens with one attached hydrogen (secondary N) is 1. The molecule has 1 fully saturated rings. The Labute approximate surface area is 110 Å². The van der Waals surface area contributed by atoms with E-state index in [1.54, 1.807) is 0 Å². The molecule has 7 nitrogen and oxygen atoms in total. The van der Waals surface area contributed by atoms with E-state index < -0.39 is 29.9 Å². The van der Waals surface area contributed by atoms with Gasteiger partial charge in [0.1, 0.15) is 12.1 Å². The summed E-state index contributed by atoms with van der Waals surface area (Å²) in [5.41, 5.74) is 6.25. The first kappa shape index (κ1) is 15.2. The molecule has 1 aliphatic carbocycles. The van der Waals surface area contributed by atoms with Gasteiger partial charge in [-0.15, -0.1) is 0 Å². The predicted molar refractivity (Wildman–Crippen MR) is 66.3 cm³/mol. The zero-order valence-corrected chi connectivity index (χ0v) is 10.5. The standard InChI is InChI=1S/C12H18N2O5/c1-6-4-7(6)5-9(12(18)19)14-10(15)3-2-8(13)11(16)17/h7-9H,1-5,13H2,(H,14,15)(H,16,17)(H,18,19)/t7-,8+,9?/m0/s1. The van der Waals surface area contributed by atoms with Crippen molar-refractivity contribution in [3.8, 4) is 0 Å². The van der Waals surface area contributed by atoms with Gasteiger partial charge in [-0.3, -0.25) is 9.59 Å². The lowest BCUT2D eigenvalue weighted by Crippen LogP contribution is -2.42. The Kier molecular flexibility index (Phi) is 5.05. The molecule has 0 heterocycles. The van der Waals surface area contributed by atoms with Crippen LogP contribution in [0.15, 0.2) is 12.2 Å². The fourth-order valence-corrected chi connectivity index (χ4v) is 1.69. The predicted octanol–water partition coefficient (Wildman–Crippen LogP) is -0.286. The molecule has 0 aromatic heterocycles. The molecule has 0 spiro atoms. The largest absolute Gasteiger partial charge is 0.480 e. The molecule has 1 unspecified atom stereocenters. The minimum Gasteiger partial charge on any atom is -0.480 e. The third-order valence-corrected chi connectivity index (χ3v) is 3.08. The Morgan fingerprint density at radius 1 is 1.37 bits per heavy atom. The average Bonchev–Trinajstić information content (AvgIpc) is 3.00. The molecular formula is C12H18N2O5. The number of carboxylic acids is 2. The Morgan fingerprint density at radius 2 is 1.95 bits per heavy atom. The molecular weight excluding hydrogens is 252 g/mol. The van der Waals surface area contributed by atoms with Gasteiger partial charge >= 0.3 is 11.9 Å². The van der Waals surface area contributed by atoms with Crippen molar-refractivity contribution in [3.05, 3.63) is 12.2 Å². The van der Waals surface area contributed by atoms with E-state index in [0.29, 0.717) is 6.42 Å². The fourth-order valence-electron chi connectivity index (χ4n) is 1.69. The highest BCUT2D eigenvalue weighted by molar-refractivity contribution is 5.84. The zero-order valence-electron chi connectivity index (χ0n) is 10.5. The minimum atomic E-state index is -1.18. The molecule has 1 rings (SSSR count). The number of allylic oxidation sites excluding steroid dienone is 1. The van der Waals surface area contributed by atoms with Gasteiger partial charge in [0.05, 0.1) is 0 Å². The van der Waals surface area contributed by atoms with Crippen molar-refractivity contribution in [1.82, 2.24) is 5.32 Å². The first-order valence-electron chi connectivity index (χ1n) is 5.99. The molecule has 1 aliphatic rings. The SMILES string of the molecule is C=C1C[C@H]1CC(NC(=O)CC[C@@H](N)C(=O)O)C(=O)O. The summed E-state index contributed by atoms with van der Waals surface area (Å²) < 4.78 is 0. The van der Waals surface area contributed by atoms with Crippen LogP contribution < -0.4 is 11.1 Å². The van der Waals surface area contributed by atoms with Crippen LogP contribution in [0.2, 0.25) is 0 Å². The number of amides is 1. The summed E-state index contributed by atoms with van der Waals surface area (Å²) in [5, 5.41) is 19.9. The quantitative estimate of drug-likeness (QED) is 0.449. The van der Waals surface area contributed by atoms with E-state index in [-0.39, 0.29) is 18.8 Å². The summed E-state index contributed by atoms with van der Waals surface area (Å²) in [6, 6.07) is -2.07. The Bertz CT molecular complexity index is 407. The van der Waals surface area contributed by atoms with E-state index in [9.17, 15) is 14.4 Å². The average molecular weight is 270 g/mol. The van der Waals surface area contributed by atoms with E-state index >= 15 is 0 Å². The maximum Gasteiger partial charge on any atom is 0.326 e. The van der Waals surface area contributed by atoms with Crippen LogP contribution in [-0.2, 0) is 14.4 Å². The van der Waals surface area contributed by atoms with Crippen LogP contribution in [0.1, 0.15) is 25.7 Å². The fraction of sp³-hybridized carbons (Fsp3) is 0.583. The maximum absolute atomic E-state index is 11.5. The molecule has 0 aromatic rings.